The topological polar surface area (TPSA) is 107 Å². The first-order valence-electron chi connectivity index (χ1n) is 9.48. The number of pyridine rings is 1. The van der Waals surface area contributed by atoms with E-state index in [1.807, 2.05) is 0 Å². The minimum atomic E-state index is -4.85. The maximum atomic E-state index is 12.8. The highest BCUT2D eigenvalue weighted by atomic mass is 35.5. The Morgan fingerprint density at radius 3 is 2.74 bits per heavy atom. The van der Waals surface area contributed by atoms with Crippen LogP contribution in [0.5, 0.6) is 0 Å². The molecule has 11 heteroatoms. The van der Waals surface area contributed by atoms with E-state index in [0.29, 0.717) is 17.1 Å². The fourth-order valence-electron chi connectivity index (χ4n) is 3.61. The van der Waals surface area contributed by atoms with Crippen LogP contribution in [0.25, 0.3) is 10.9 Å². The molecule has 1 unspecified atom stereocenters. The van der Waals surface area contributed by atoms with Crippen molar-refractivity contribution in [1.82, 2.24) is 14.8 Å². The third-order valence-electron chi connectivity index (χ3n) is 5.28. The van der Waals surface area contributed by atoms with Gasteiger partial charge in [-0.3, -0.25) is 9.48 Å². The number of aromatic amines is 1. The molecule has 0 saturated heterocycles. The van der Waals surface area contributed by atoms with Gasteiger partial charge in [-0.05, 0) is 37.0 Å². The number of nitriles is 1. The highest BCUT2D eigenvalue weighted by Gasteiger charge is 2.40. The van der Waals surface area contributed by atoms with Gasteiger partial charge < -0.3 is 15.4 Å². The SMILES string of the molecule is N#CC[C@@H](C1CC1)n1nc(Nc2ccc(C(O)C(F)(F)F)c(Cl)c2)c2c(=O)[nH]ccc21. The van der Waals surface area contributed by atoms with E-state index in [0.717, 1.165) is 18.9 Å². The van der Waals surface area contributed by atoms with Crippen LogP contribution in [-0.2, 0) is 0 Å². The van der Waals surface area contributed by atoms with Crippen LogP contribution >= 0.6 is 11.6 Å². The molecule has 1 aliphatic carbocycles. The first-order chi connectivity index (χ1) is 14.7. The van der Waals surface area contributed by atoms with Gasteiger partial charge in [0.05, 0.1) is 24.0 Å². The molecule has 1 saturated carbocycles. The lowest BCUT2D eigenvalue weighted by Crippen LogP contribution is -2.20. The molecule has 2 atom stereocenters. The van der Waals surface area contributed by atoms with E-state index >= 15 is 0 Å². The lowest BCUT2D eigenvalue weighted by molar-refractivity contribution is -0.206. The summed E-state index contributed by atoms with van der Waals surface area (Å²) >= 11 is 5.96. The van der Waals surface area contributed by atoms with E-state index in [-0.39, 0.29) is 28.7 Å². The van der Waals surface area contributed by atoms with Crippen molar-refractivity contribution in [3.8, 4) is 6.07 Å². The number of aliphatic hydroxyl groups excluding tert-OH is 1. The number of hydrogen-bond acceptors (Lipinski definition) is 5. The van der Waals surface area contributed by atoms with Crippen LogP contribution in [0.15, 0.2) is 35.3 Å². The van der Waals surface area contributed by atoms with Crippen LogP contribution in [0.4, 0.5) is 24.7 Å². The van der Waals surface area contributed by atoms with Crippen molar-refractivity contribution in [2.75, 3.05) is 5.32 Å². The van der Waals surface area contributed by atoms with Crippen LogP contribution in [0.2, 0.25) is 5.02 Å². The second kappa shape index (κ2) is 7.90. The first kappa shape index (κ1) is 21.2. The summed E-state index contributed by atoms with van der Waals surface area (Å²) in [4.78, 5) is 15.1. The zero-order valence-electron chi connectivity index (χ0n) is 15.9. The monoisotopic (exact) mass is 451 g/mol. The minimum absolute atomic E-state index is 0.183. The van der Waals surface area contributed by atoms with Crippen LogP contribution in [0.1, 0.15) is 37.0 Å². The molecule has 3 aromatic rings. The number of nitrogens with one attached hydrogen (secondary N) is 2. The lowest BCUT2D eigenvalue weighted by Gasteiger charge is -2.17. The zero-order valence-corrected chi connectivity index (χ0v) is 16.7. The lowest BCUT2D eigenvalue weighted by atomic mass is 10.1. The van der Waals surface area contributed by atoms with E-state index in [1.54, 1.807) is 10.7 Å². The van der Waals surface area contributed by atoms with Gasteiger partial charge in [0, 0.05) is 22.5 Å². The summed E-state index contributed by atoms with van der Waals surface area (Å²) in [5.41, 5.74) is -0.0291. The molecule has 2 heterocycles. The summed E-state index contributed by atoms with van der Waals surface area (Å²) in [5, 5.41) is 26.1. The Bertz CT molecular complexity index is 1230. The van der Waals surface area contributed by atoms with E-state index in [1.165, 1.54) is 18.3 Å². The zero-order chi connectivity index (χ0) is 22.3. The van der Waals surface area contributed by atoms with Gasteiger partial charge in [-0.25, -0.2) is 0 Å². The molecule has 7 nitrogen and oxygen atoms in total. The van der Waals surface area contributed by atoms with E-state index in [9.17, 15) is 28.3 Å². The molecule has 0 spiro atoms. The average Bonchev–Trinajstić information content (AvgIpc) is 3.48. The quantitative estimate of drug-likeness (QED) is 0.508. The Hall–Kier alpha value is -3.03. The van der Waals surface area contributed by atoms with Crippen molar-refractivity contribution < 1.29 is 18.3 Å². The van der Waals surface area contributed by atoms with Crippen molar-refractivity contribution in [3.63, 3.8) is 0 Å². The van der Waals surface area contributed by atoms with E-state index in [4.69, 9.17) is 11.6 Å². The van der Waals surface area contributed by atoms with Gasteiger partial charge in [0.15, 0.2) is 11.9 Å². The van der Waals surface area contributed by atoms with Gasteiger partial charge in [-0.2, -0.15) is 23.5 Å². The predicted molar refractivity (Wildman–Crippen MR) is 108 cm³/mol. The Labute approximate surface area is 179 Å². The molecule has 0 bridgehead atoms. The fourth-order valence-corrected chi connectivity index (χ4v) is 3.89. The third-order valence-corrected chi connectivity index (χ3v) is 5.61. The number of aromatic nitrogens is 3. The van der Waals surface area contributed by atoms with Crippen LogP contribution in [-0.4, -0.2) is 26.0 Å². The number of benzene rings is 1. The molecular weight excluding hydrogens is 435 g/mol. The summed E-state index contributed by atoms with van der Waals surface area (Å²) in [6.45, 7) is 0. The molecule has 1 fully saturated rings. The van der Waals surface area contributed by atoms with Gasteiger partial charge in [-0.1, -0.05) is 17.7 Å². The number of halogens is 4. The Kier molecular flexibility index (Phi) is 5.41. The van der Waals surface area contributed by atoms with Crippen molar-refractivity contribution in [2.24, 2.45) is 5.92 Å². The summed E-state index contributed by atoms with van der Waals surface area (Å²) in [6, 6.07) is 7.27. The number of rotatable bonds is 6. The highest BCUT2D eigenvalue weighted by Crippen LogP contribution is 2.43. The first-order valence-corrected chi connectivity index (χ1v) is 9.86. The highest BCUT2D eigenvalue weighted by molar-refractivity contribution is 6.31. The largest absolute Gasteiger partial charge is 0.418 e. The molecule has 4 rings (SSSR count). The number of hydrogen-bond donors (Lipinski definition) is 3. The smallest absolute Gasteiger partial charge is 0.379 e. The van der Waals surface area contributed by atoms with Crippen molar-refractivity contribution in [1.29, 1.82) is 5.26 Å². The minimum Gasteiger partial charge on any atom is -0.379 e. The number of anilines is 2. The molecule has 31 heavy (non-hydrogen) atoms. The number of fused-ring (bicyclic) bond motifs is 1. The Morgan fingerprint density at radius 2 is 2.13 bits per heavy atom. The number of aliphatic hydroxyl groups is 1. The molecule has 162 valence electrons. The molecule has 0 radical (unpaired) electrons. The van der Waals surface area contributed by atoms with Gasteiger partial charge in [0.2, 0.25) is 0 Å². The molecule has 1 aromatic carbocycles. The van der Waals surface area contributed by atoms with Gasteiger partial charge in [0.1, 0.15) is 5.39 Å². The molecule has 3 N–H and O–H groups in total. The van der Waals surface area contributed by atoms with Crippen LogP contribution in [0, 0.1) is 17.2 Å². The van der Waals surface area contributed by atoms with Crippen LogP contribution in [0.3, 0.4) is 0 Å². The second-order valence-corrected chi connectivity index (χ2v) is 7.84. The predicted octanol–water partition coefficient (Wildman–Crippen LogP) is 4.58. The average molecular weight is 452 g/mol. The summed E-state index contributed by atoms with van der Waals surface area (Å²) in [7, 11) is 0. The van der Waals surface area contributed by atoms with Gasteiger partial charge >= 0.3 is 6.18 Å². The van der Waals surface area contributed by atoms with Crippen molar-refractivity contribution in [2.45, 2.75) is 37.6 Å². The molecule has 0 aliphatic heterocycles. The fraction of sp³-hybridized carbons (Fsp3) is 0.350. The molecule has 0 amide bonds. The molecular formula is C20H17ClF3N5O2. The summed E-state index contributed by atoms with van der Waals surface area (Å²) in [6.07, 6.45) is -3.88. The molecule has 2 aromatic heterocycles. The summed E-state index contributed by atoms with van der Waals surface area (Å²) < 4.78 is 40.0. The maximum absolute atomic E-state index is 12.8. The standard InChI is InChI=1S/C20H17ClF3N5O2/c21-13-9-11(3-4-12(13)17(30)20(22,23)24)27-18-16-15(6-8-26-19(16)31)29(28-18)14(5-7-25)10-1-2-10/h3-4,6,8-10,14,17,30H,1-2,5H2,(H,26,31)(H,27,28)/t14-,17?/m0/s1. The van der Waals surface area contributed by atoms with Crippen molar-refractivity contribution >= 4 is 34.0 Å². The molecule has 1 aliphatic rings. The van der Waals surface area contributed by atoms with Gasteiger partial charge in [0.25, 0.3) is 5.56 Å². The number of alkyl halides is 3. The number of nitrogens with zero attached hydrogens (tertiary/aromatic N) is 3. The number of H-pyrrole nitrogens is 1. The van der Waals surface area contributed by atoms with E-state index < -0.39 is 23.4 Å². The second-order valence-electron chi connectivity index (χ2n) is 7.43. The van der Waals surface area contributed by atoms with E-state index in [2.05, 4.69) is 21.5 Å². The summed E-state index contributed by atoms with van der Waals surface area (Å²) in [5.74, 6) is 0.494. The van der Waals surface area contributed by atoms with Gasteiger partial charge in [-0.15, -0.1) is 0 Å². The Morgan fingerprint density at radius 1 is 1.39 bits per heavy atom. The Balaban J connectivity index is 1.73. The van der Waals surface area contributed by atoms with Crippen molar-refractivity contribution in [3.05, 3.63) is 51.4 Å². The maximum Gasteiger partial charge on any atom is 0.418 e. The normalized spacial score (nSPS) is 16.1. The van der Waals surface area contributed by atoms with Crippen LogP contribution < -0.4 is 10.9 Å². The third kappa shape index (κ3) is 4.11.